The van der Waals surface area contributed by atoms with Gasteiger partial charge in [-0.15, -0.1) is 11.6 Å². The predicted molar refractivity (Wildman–Crippen MR) is 65.6 cm³/mol. The van der Waals surface area contributed by atoms with Gasteiger partial charge in [0.25, 0.3) is 0 Å². The maximum Gasteiger partial charge on any atom is 0.160 e. The Labute approximate surface area is 108 Å². The maximum atomic E-state index is 5.50. The highest BCUT2D eigenvalue weighted by atomic mass is 35.5. The van der Waals surface area contributed by atoms with Gasteiger partial charge in [-0.05, 0) is 0 Å². The first kappa shape index (κ1) is 17.1. The molecule has 0 fully saturated rings. The van der Waals surface area contributed by atoms with Crippen LogP contribution in [0.25, 0.3) is 0 Å². The molecule has 0 aromatic carbocycles. The zero-order chi connectivity index (χ0) is 12.8. The summed E-state index contributed by atoms with van der Waals surface area (Å²) in [6, 6.07) is 0. The standard InChI is InChI=1S/C11H23ClO5/c1-13-7-9-16-11(17-10-8-14-2)3-5-15-6-4-12/h11H,3-10H2,1-2H3. The van der Waals surface area contributed by atoms with E-state index < -0.39 is 0 Å². The van der Waals surface area contributed by atoms with E-state index in [2.05, 4.69) is 0 Å². The lowest BCUT2D eigenvalue weighted by Crippen LogP contribution is -2.23. The molecule has 0 heterocycles. The Bertz CT molecular complexity index is 138. The van der Waals surface area contributed by atoms with E-state index in [1.54, 1.807) is 14.2 Å². The van der Waals surface area contributed by atoms with Gasteiger partial charge in [-0.3, -0.25) is 0 Å². The Morgan fingerprint density at radius 1 is 0.824 bits per heavy atom. The summed E-state index contributed by atoms with van der Waals surface area (Å²) < 4.78 is 26.1. The van der Waals surface area contributed by atoms with Gasteiger partial charge in [-0.1, -0.05) is 0 Å². The van der Waals surface area contributed by atoms with Gasteiger partial charge in [-0.2, -0.15) is 0 Å². The summed E-state index contributed by atoms with van der Waals surface area (Å²) in [7, 11) is 3.27. The first-order chi connectivity index (χ1) is 8.35. The van der Waals surface area contributed by atoms with Crippen LogP contribution in [0.5, 0.6) is 0 Å². The average Bonchev–Trinajstić information content (AvgIpc) is 2.34. The first-order valence-electron chi connectivity index (χ1n) is 5.70. The smallest absolute Gasteiger partial charge is 0.160 e. The molecule has 17 heavy (non-hydrogen) atoms. The van der Waals surface area contributed by atoms with Crippen molar-refractivity contribution in [3.05, 3.63) is 0 Å². The fraction of sp³-hybridized carbons (Fsp3) is 1.00. The van der Waals surface area contributed by atoms with Crippen LogP contribution in [0.2, 0.25) is 0 Å². The average molecular weight is 271 g/mol. The van der Waals surface area contributed by atoms with Crippen molar-refractivity contribution in [3.8, 4) is 0 Å². The van der Waals surface area contributed by atoms with Crippen molar-refractivity contribution in [2.45, 2.75) is 12.7 Å². The van der Waals surface area contributed by atoms with E-state index in [0.717, 1.165) is 0 Å². The molecule has 0 saturated carbocycles. The third kappa shape index (κ3) is 12.3. The van der Waals surface area contributed by atoms with Crippen LogP contribution >= 0.6 is 11.6 Å². The highest BCUT2D eigenvalue weighted by molar-refractivity contribution is 6.17. The van der Waals surface area contributed by atoms with Gasteiger partial charge < -0.3 is 23.7 Å². The lowest BCUT2D eigenvalue weighted by molar-refractivity contribution is -0.163. The van der Waals surface area contributed by atoms with Crippen LogP contribution in [0.1, 0.15) is 6.42 Å². The molecule has 5 nitrogen and oxygen atoms in total. The second kappa shape index (κ2) is 14.2. The van der Waals surface area contributed by atoms with Crippen molar-refractivity contribution >= 4 is 11.6 Å². The van der Waals surface area contributed by atoms with E-state index in [4.69, 9.17) is 35.3 Å². The minimum atomic E-state index is -0.282. The van der Waals surface area contributed by atoms with Gasteiger partial charge in [-0.25, -0.2) is 0 Å². The van der Waals surface area contributed by atoms with E-state index in [1.165, 1.54) is 0 Å². The molecule has 104 valence electrons. The fourth-order valence-corrected chi connectivity index (χ4v) is 1.19. The maximum absolute atomic E-state index is 5.50. The summed E-state index contributed by atoms with van der Waals surface area (Å²) in [6.07, 6.45) is 0.389. The van der Waals surface area contributed by atoms with Gasteiger partial charge in [0.15, 0.2) is 6.29 Å². The molecule has 0 aliphatic rings. The molecular weight excluding hydrogens is 248 g/mol. The Morgan fingerprint density at radius 3 is 1.88 bits per heavy atom. The fourth-order valence-electron chi connectivity index (χ4n) is 1.08. The normalized spacial score (nSPS) is 11.3. The van der Waals surface area contributed by atoms with Gasteiger partial charge in [0.05, 0.1) is 39.6 Å². The SMILES string of the molecule is COCCOC(CCOCCCl)OCCOC. The van der Waals surface area contributed by atoms with E-state index in [0.29, 0.717) is 51.9 Å². The third-order valence-electron chi connectivity index (χ3n) is 1.90. The number of halogens is 1. The van der Waals surface area contributed by atoms with Crippen LogP contribution in [-0.2, 0) is 23.7 Å². The van der Waals surface area contributed by atoms with Crippen molar-refractivity contribution < 1.29 is 23.7 Å². The third-order valence-corrected chi connectivity index (χ3v) is 2.06. The molecule has 0 amide bonds. The summed E-state index contributed by atoms with van der Waals surface area (Å²) >= 11 is 5.50. The number of alkyl halides is 1. The molecule has 0 aromatic heterocycles. The van der Waals surface area contributed by atoms with Crippen molar-refractivity contribution in [1.82, 2.24) is 0 Å². The number of hydrogen-bond acceptors (Lipinski definition) is 5. The van der Waals surface area contributed by atoms with Crippen molar-refractivity contribution in [1.29, 1.82) is 0 Å². The molecular formula is C11H23ClO5. The monoisotopic (exact) mass is 270 g/mol. The quantitative estimate of drug-likeness (QED) is 0.287. The molecule has 0 rings (SSSR count). The highest BCUT2D eigenvalue weighted by Crippen LogP contribution is 2.02. The van der Waals surface area contributed by atoms with Gasteiger partial charge in [0, 0.05) is 26.5 Å². The van der Waals surface area contributed by atoms with E-state index >= 15 is 0 Å². The van der Waals surface area contributed by atoms with Crippen LogP contribution in [0.15, 0.2) is 0 Å². The van der Waals surface area contributed by atoms with Crippen molar-refractivity contribution in [3.63, 3.8) is 0 Å². The number of hydrogen-bond donors (Lipinski definition) is 0. The lowest BCUT2D eigenvalue weighted by atomic mass is 10.4. The molecule has 0 N–H and O–H groups in total. The molecule has 0 radical (unpaired) electrons. The largest absolute Gasteiger partial charge is 0.382 e. The number of rotatable bonds is 13. The Morgan fingerprint density at radius 2 is 1.41 bits per heavy atom. The molecule has 0 aromatic rings. The summed E-state index contributed by atoms with van der Waals surface area (Å²) in [5.41, 5.74) is 0. The number of ether oxygens (including phenoxy) is 5. The molecule has 6 heteroatoms. The Kier molecular flexibility index (Phi) is 14.2. The summed E-state index contributed by atoms with van der Waals surface area (Å²) in [5.74, 6) is 0.500. The van der Waals surface area contributed by atoms with Crippen LogP contribution in [-0.4, -0.2) is 66.0 Å². The lowest BCUT2D eigenvalue weighted by Gasteiger charge is -2.18. The molecule has 0 aliphatic carbocycles. The van der Waals surface area contributed by atoms with Gasteiger partial charge >= 0.3 is 0 Å². The van der Waals surface area contributed by atoms with Gasteiger partial charge in [0.1, 0.15) is 0 Å². The molecule has 0 spiro atoms. The molecule has 0 aliphatic heterocycles. The highest BCUT2D eigenvalue weighted by Gasteiger charge is 2.09. The van der Waals surface area contributed by atoms with E-state index in [9.17, 15) is 0 Å². The van der Waals surface area contributed by atoms with E-state index in [-0.39, 0.29) is 6.29 Å². The zero-order valence-electron chi connectivity index (χ0n) is 10.7. The van der Waals surface area contributed by atoms with E-state index in [1.807, 2.05) is 0 Å². The summed E-state index contributed by atoms with van der Waals surface area (Å²) in [6.45, 7) is 3.22. The zero-order valence-corrected chi connectivity index (χ0v) is 11.4. The molecule has 0 saturated heterocycles. The molecule has 0 unspecified atom stereocenters. The predicted octanol–water partition coefficient (Wildman–Crippen LogP) is 1.28. The van der Waals surface area contributed by atoms with Crippen LogP contribution in [0.4, 0.5) is 0 Å². The molecule has 0 atom stereocenters. The summed E-state index contributed by atoms with van der Waals surface area (Å²) in [4.78, 5) is 0. The minimum absolute atomic E-state index is 0.282. The van der Waals surface area contributed by atoms with Crippen molar-refractivity contribution in [2.75, 3.05) is 59.7 Å². The minimum Gasteiger partial charge on any atom is -0.382 e. The van der Waals surface area contributed by atoms with Gasteiger partial charge in [0.2, 0.25) is 0 Å². The second-order valence-corrected chi connectivity index (χ2v) is 3.62. The Hall–Kier alpha value is 0.0900. The molecule has 0 bridgehead atoms. The van der Waals surface area contributed by atoms with Crippen molar-refractivity contribution in [2.24, 2.45) is 0 Å². The van der Waals surface area contributed by atoms with Crippen LogP contribution in [0, 0.1) is 0 Å². The van der Waals surface area contributed by atoms with Crippen LogP contribution < -0.4 is 0 Å². The topological polar surface area (TPSA) is 46.2 Å². The summed E-state index contributed by atoms with van der Waals surface area (Å²) in [5, 5.41) is 0. The number of methoxy groups -OCH3 is 2. The Balaban J connectivity index is 3.60. The second-order valence-electron chi connectivity index (χ2n) is 3.25. The van der Waals surface area contributed by atoms with Crippen LogP contribution in [0.3, 0.4) is 0 Å². The first-order valence-corrected chi connectivity index (χ1v) is 6.23.